The fourth-order valence-corrected chi connectivity index (χ4v) is 3.02. The maximum Gasteiger partial charge on any atom is 0.344 e. The lowest BCUT2D eigenvalue weighted by atomic mass is 9.73. The molecule has 1 aromatic rings. The molecule has 2 rings (SSSR count). The van der Waals surface area contributed by atoms with E-state index in [1.165, 1.54) is 0 Å². The molecule has 3 N–H and O–H groups in total. The Hall–Kier alpha value is -1.54. The van der Waals surface area contributed by atoms with E-state index in [2.05, 4.69) is 11.8 Å². The first-order chi connectivity index (χ1) is 10.2. The van der Waals surface area contributed by atoms with E-state index in [9.17, 15) is 9.90 Å². The summed E-state index contributed by atoms with van der Waals surface area (Å²) in [5.41, 5.74) is -0.941. The van der Waals surface area contributed by atoms with Crippen molar-refractivity contribution < 1.29 is 20.1 Å². The van der Waals surface area contributed by atoms with Gasteiger partial charge in [0.25, 0.3) is 0 Å². The van der Waals surface area contributed by atoms with Gasteiger partial charge in [0.1, 0.15) is 0 Å². The van der Waals surface area contributed by atoms with Gasteiger partial charge in [-0.3, -0.25) is 0 Å². The third-order valence-electron chi connectivity index (χ3n) is 4.17. The Kier molecular flexibility index (Phi) is 9.59. The van der Waals surface area contributed by atoms with Gasteiger partial charge in [0.15, 0.2) is 12.2 Å². The summed E-state index contributed by atoms with van der Waals surface area (Å²) >= 11 is 0. The highest BCUT2D eigenvalue weighted by atomic mass is 35.5. The van der Waals surface area contributed by atoms with Crippen LogP contribution in [-0.4, -0.2) is 23.2 Å². The molecule has 0 aromatic heterocycles. The van der Waals surface area contributed by atoms with Crippen molar-refractivity contribution >= 4 is 18.4 Å². The molecule has 1 unspecified atom stereocenters. The quantitative estimate of drug-likeness (QED) is 0.676. The van der Waals surface area contributed by atoms with Crippen molar-refractivity contribution in [3.05, 3.63) is 35.9 Å². The Morgan fingerprint density at radius 2 is 1.87 bits per heavy atom. The largest absolute Gasteiger partial charge is 0.450 e. The Labute approximate surface area is 144 Å². The van der Waals surface area contributed by atoms with Crippen LogP contribution in [0.2, 0.25) is 0 Å². The van der Waals surface area contributed by atoms with Gasteiger partial charge in [0.2, 0.25) is 0 Å². The summed E-state index contributed by atoms with van der Waals surface area (Å²) in [6.45, 7) is 1.72. The molecule has 5 heteroatoms. The molecular weight excluding hydrogens is 316 g/mol. The van der Waals surface area contributed by atoms with Crippen molar-refractivity contribution in [1.29, 1.82) is 0 Å². The second kappa shape index (κ2) is 10.3. The lowest BCUT2D eigenvalue weighted by Gasteiger charge is -2.36. The predicted molar refractivity (Wildman–Crippen MR) is 92.2 cm³/mol. The van der Waals surface area contributed by atoms with Gasteiger partial charge in [-0.15, -0.1) is 18.3 Å². The van der Waals surface area contributed by atoms with Crippen LogP contribution in [0.4, 0.5) is 0 Å². The van der Waals surface area contributed by atoms with Crippen LogP contribution in [-0.2, 0) is 15.1 Å². The van der Waals surface area contributed by atoms with Crippen LogP contribution in [0.3, 0.4) is 0 Å². The van der Waals surface area contributed by atoms with Crippen LogP contribution in [0.1, 0.15) is 44.6 Å². The number of rotatable bonds is 4. The summed E-state index contributed by atoms with van der Waals surface area (Å²) in [5, 5.41) is 11.2. The number of aliphatic hydroxyl groups is 1. The van der Waals surface area contributed by atoms with Crippen molar-refractivity contribution in [2.24, 2.45) is 5.92 Å². The van der Waals surface area contributed by atoms with Crippen LogP contribution in [0.15, 0.2) is 30.3 Å². The third kappa shape index (κ3) is 4.97. The van der Waals surface area contributed by atoms with Crippen LogP contribution in [0, 0.1) is 17.8 Å². The van der Waals surface area contributed by atoms with Gasteiger partial charge in [-0.2, -0.15) is 0 Å². The van der Waals surface area contributed by atoms with E-state index >= 15 is 0 Å². The molecule has 4 nitrogen and oxygen atoms in total. The van der Waals surface area contributed by atoms with Crippen molar-refractivity contribution in [2.45, 2.75) is 44.6 Å². The highest BCUT2D eigenvalue weighted by Crippen LogP contribution is 2.40. The summed E-state index contributed by atoms with van der Waals surface area (Å²) in [6, 6.07) is 9.13. The van der Waals surface area contributed by atoms with Crippen molar-refractivity contribution in [3.63, 3.8) is 0 Å². The second-order valence-electron chi connectivity index (χ2n) is 5.47. The highest BCUT2D eigenvalue weighted by molar-refractivity contribution is 5.85. The molecule has 1 fully saturated rings. The molecule has 1 saturated carbocycles. The summed E-state index contributed by atoms with van der Waals surface area (Å²) in [5.74, 6) is 4.72. The van der Waals surface area contributed by atoms with Gasteiger partial charge >= 0.3 is 5.97 Å². The average Bonchev–Trinajstić information content (AvgIpc) is 2.56. The van der Waals surface area contributed by atoms with Crippen LogP contribution in [0.25, 0.3) is 0 Å². The molecule has 0 aliphatic heterocycles. The Morgan fingerprint density at radius 1 is 1.26 bits per heavy atom. The molecule has 128 valence electrons. The maximum absolute atomic E-state index is 12.5. The van der Waals surface area contributed by atoms with E-state index in [1.54, 1.807) is 19.1 Å². The van der Waals surface area contributed by atoms with E-state index in [1.807, 2.05) is 18.2 Å². The number of hydrogen-bond donors (Lipinski definition) is 1. The second-order valence-corrected chi connectivity index (χ2v) is 5.47. The van der Waals surface area contributed by atoms with Crippen molar-refractivity contribution in [3.8, 4) is 11.8 Å². The number of carbonyl (C=O) groups excluding carboxylic acids is 1. The van der Waals surface area contributed by atoms with Gasteiger partial charge in [-0.1, -0.05) is 55.5 Å². The number of ether oxygens (including phenoxy) is 1. The molecule has 1 aliphatic rings. The van der Waals surface area contributed by atoms with Crippen LogP contribution in [0.5, 0.6) is 0 Å². The minimum atomic E-state index is -1.56. The van der Waals surface area contributed by atoms with E-state index in [0.717, 1.165) is 32.1 Å². The lowest BCUT2D eigenvalue weighted by Crippen LogP contribution is -2.45. The molecule has 0 amide bonds. The molecule has 0 saturated heterocycles. The summed E-state index contributed by atoms with van der Waals surface area (Å²) in [6.07, 6.45) is 4.95. The fourth-order valence-electron chi connectivity index (χ4n) is 3.02. The third-order valence-corrected chi connectivity index (χ3v) is 4.17. The van der Waals surface area contributed by atoms with Gasteiger partial charge in [0, 0.05) is 5.92 Å². The number of hydrogen-bond acceptors (Lipinski definition) is 3. The van der Waals surface area contributed by atoms with E-state index in [4.69, 9.17) is 4.74 Å². The van der Waals surface area contributed by atoms with Crippen LogP contribution < -0.4 is 0 Å². The first-order valence-electron chi connectivity index (χ1n) is 7.54. The molecule has 1 aromatic carbocycles. The van der Waals surface area contributed by atoms with E-state index in [0.29, 0.717) is 5.56 Å². The van der Waals surface area contributed by atoms with Crippen LogP contribution >= 0.6 is 12.4 Å². The Bertz CT molecular complexity index is 529. The summed E-state index contributed by atoms with van der Waals surface area (Å²) in [4.78, 5) is 12.5. The number of benzene rings is 1. The van der Waals surface area contributed by atoms with Gasteiger partial charge < -0.3 is 15.3 Å². The Morgan fingerprint density at radius 3 is 2.43 bits per heavy atom. The molecule has 0 spiro atoms. The van der Waals surface area contributed by atoms with E-state index in [-0.39, 0.29) is 30.4 Å². The maximum atomic E-state index is 12.5. The standard InChI is InChI=1S/C18H22O3.ClH.H2O/c1-2-3-14-21-17(19)18(20,15-10-6-4-7-11-15)16-12-8-5-9-13-16;;/h4,6-7,10-11,16,20H,5,8-9,12-14H2,1H3;1H;1H2. The minimum absolute atomic E-state index is 0. The number of esters is 1. The van der Waals surface area contributed by atoms with Gasteiger partial charge in [0.05, 0.1) is 0 Å². The first kappa shape index (κ1) is 21.5. The zero-order valence-corrected chi connectivity index (χ0v) is 14.2. The smallest absolute Gasteiger partial charge is 0.344 e. The monoisotopic (exact) mass is 340 g/mol. The topological polar surface area (TPSA) is 78.0 Å². The molecular formula is C18H25ClO4. The Balaban J connectivity index is 0.00000242. The SMILES string of the molecule is CC#CCOC(=O)C(O)(c1ccccc1)C1CCCCC1.Cl.O. The zero-order valence-electron chi connectivity index (χ0n) is 13.4. The van der Waals surface area contributed by atoms with Gasteiger partial charge in [-0.25, -0.2) is 4.79 Å². The molecule has 23 heavy (non-hydrogen) atoms. The minimum Gasteiger partial charge on any atom is -0.450 e. The fraction of sp³-hybridized carbons (Fsp3) is 0.500. The normalized spacial score (nSPS) is 16.6. The number of carbonyl (C=O) groups is 1. The molecule has 0 radical (unpaired) electrons. The van der Waals surface area contributed by atoms with Crippen molar-refractivity contribution in [2.75, 3.05) is 6.61 Å². The van der Waals surface area contributed by atoms with E-state index < -0.39 is 11.6 Å². The lowest BCUT2D eigenvalue weighted by molar-refractivity contribution is -0.174. The molecule has 1 aliphatic carbocycles. The summed E-state index contributed by atoms with van der Waals surface area (Å²) in [7, 11) is 0. The average molecular weight is 341 g/mol. The number of halogens is 1. The highest BCUT2D eigenvalue weighted by Gasteiger charge is 2.46. The molecule has 0 bridgehead atoms. The predicted octanol–water partition coefficient (Wildman–Crippen LogP) is 2.62. The molecule has 1 atom stereocenters. The molecule has 0 heterocycles. The zero-order chi connectivity index (χ0) is 15.1. The first-order valence-corrected chi connectivity index (χ1v) is 7.54. The van der Waals surface area contributed by atoms with Gasteiger partial charge in [-0.05, 0) is 25.3 Å². The van der Waals surface area contributed by atoms with Crippen molar-refractivity contribution in [1.82, 2.24) is 0 Å². The summed E-state index contributed by atoms with van der Waals surface area (Å²) < 4.78 is 5.19.